The first-order valence-corrected chi connectivity index (χ1v) is 14.1. The van der Waals surface area contributed by atoms with Gasteiger partial charge < -0.3 is 9.13 Å². The Kier molecular flexibility index (Phi) is 6.42. The molecule has 4 aromatic rings. The molecule has 0 bridgehead atoms. The normalized spacial score (nSPS) is 12.9. The third-order valence-corrected chi connectivity index (χ3v) is 12.9. The Hall–Kier alpha value is -2.66. The van der Waals surface area contributed by atoms with Crippen molar-refractivity contribution in [3.8, 4) is 0 Å². The molecule has 1 atom stereocenters. The molecular weight excluding hydrogens is 418 g/mol. The minimum atomic E-state index is -3.02. The van der Waals surface area contributed by atoms with Gasteiger partial charge in [0.2, 0.25) is 0 Å². The third kappa shape index (κ3) is 4.24. The van der Waals surface area contributed by atoms with Crippen molar-refractivity contribution in [3.05, 3.63) is 121 Å². The first kappa shape index (κ1) is 21.6. The molecule has 4 heteroatoms. The van der Waals surface area contributed by atoms with E-state index >= 15 is 0 Å². The van der Waals surface area contributed by atoms with E-state index < -0.39 is 14.3 Å². The van der Waals surface area contributed by atoms with Gasteiger partial charge in [0.15, 0.2) is 0 Å². The van der Waals surface area contributed by atoms with E-state index in [0.29, 0.717) is 6.16 Å². The van der Waals surface area contributed by atoms with E-state index in [1.54, 1.807) is 0 Å². The molecule has 0 aromatic heterocycles. The molecule has 0 N–H and O–H groups in total. The summed E-state index contributed by atoms with van der Waals surface area (Å²) < 4.78 is 29.4. The van der Waals surface area contributed by atoms with Crippen LogP contribution in [0.1, 0.15) is 6.92 Å². The fourth-order valence-electron chi connectivity index (χ4n) is 4.14. The highest BCUT2D eigenvalue weighted by Gasteiger charge is 2.39. The molecule has 4 aromatic carbocycles. The molecule has 2 nitrogen and oxygen atoms in total. The van der Waals surface area contributed by atoms with Crippen LogP contribution in [0.25, 0.3) is 0 Å². The smallest absolute Gasteiger partial charge is 0.146 e. The molecule has 4 rings (SSSR count). The van der Waals surface area contributed by atoms with Gasteiger partial charge in [-0.05, 0) is 0 Å². The van der Waals surface area contributed by atoms with E-state index in [1.165, 1.54) is 0 Å². The van der Waals surface area contributed by atoms with Crippen LogP contribution in [-0.4, -0.2) is 11.8 Å². The van der Waals surface area contributed by atoms with Crippen LogP contribution in [-0.2, 0) is 9.13 Å². The van der Waals surface area contributed by atoms with Crippen molar-refractivity contribution in [2.24, 2.45) is 0 Å². The number of hydrogen-bond acceptors (Lipinski definition) is 2. The average Bonchev–Trinajstić information content (AvgIpc) is 2.85. The van der Waals surface area contributed by atoms with Gasteiger partial charge in [-0.3, -0.25) is 0 Å². The second-order valence-electron chi connectivity index (χ2n) is 7.77. The molecule has 0 aliphatic carbocycles. The predicted octanol–water partition coefficient (Wildman–Crippen LogP) is 5.40. The van der Waals surface area contributed by atoms with Crippen molar-refractivity contribution in [2.45, 2.75) is 12.6 Å². The summed E-state index contributed by atoms with van der Waals surface area (Å²) in [7, 11) is -6.01. The van der Waals surface area contributed by atoms with Crippen LogP contribution in [0, 0.1) is 0 Å². The summed E-state index contributed by atoms with van der Waals surface area (Å²) in [5.74, 6) is 0. The van der Waals surface area contributed by atoms with Crippen LogP contribution < -0.4 is 21.2 Å². The van der Waals surface area contributed by atoms with E-state index in [2.05, 4.69) is 0 Å². The third-order valence-electron chi connectivity index (χ3n) is 5.77. The van der Waals surface area contributed by atoms with Crippen LogP contribution in [0.2, 0.25) is 0 Å². The lowest BCUT2D eigenvalue weighted by molar-refractivity contribution is 0.575. The van der Waals surface area contributed by atoms with Crippen molar-refractivity contribution in [3.63, 3.8) is 0 Å². The Morgan fingerprint density at radius 1 is 0.516 bits per heavy atom. The summed E-state index contributed by atoms with van der Waals surface area (Å²) in [5.41, 5.74) is -0.302. The van der Waals surface area contributed by atoms with Gasteiger partial charge in [0.05, 0.1) is 0 Å². The lowest BCUT2D eigenvalue weighted by Crippen LogP contribution is -2.30. The Labute approximate surface area is 184 Å². The van der Waals surface area contributed by atoms with Crippen LogP contribution in [0.5, 0.6) is 0 Å². The average molecular weight is 444 g/mol. The Balaban J connectivity index is 1.84. The van der Waals surface area contributed by atoms with Gasteiger partial charge in [-0.15, -0.1) is 0 Å². The van der Waals surface area contributed by atoms with Gasteiger partial charge in [0.1, 0.15) is 14.3 Å². The van der Waals surface area contributed by atoms with E-state index in [-0.39, 0.29) is 5.66 Å². The highest BCUT2D eigenvalue weighted by atomic mass is 31.2. The molecule has 0 saturated heterocycles. The van der Waals surface area contributed by atoms with E-state index in [9.17, 15) is 9.13 Å². The van der Waals surface area contributed by atoms with Gasteiger partial charge in [0, 0.05) is 33.0 Å². The van der Waals surface area contributed by atoms with Crippen molar-refractivity contribution in [1.82, 2.24) is 0 Å². The standard InChI is InChI=1S/C27H26O2P2/c1-23(31(29,26-18-10-4-11-19-26)27-20-12-5-13-21-27)22-30(28,24-14-6-2-7-15-24)25-16-8-3-9-17-25/h2-21,23H,22H2,1H3. The lowest BCUT2D eigenvalue weighted by atomic mass is 10.4. The van der Waals surface area contributed by atoms with Crippen LogP contribution in [0.4, 0.5) is 0 Å². The Bertz CT molecular complexity index is 1120. The zero-order chi connectivity index (χ0) is 21.7. The van der Waals surface area contributed by atoms with E-state index in [0.717, 1.165) is 21.2 Å². The maximum Gasteiger partial charge on any atom is 0.146 e. The molecular formula is C27H26O2P2. The minimum Gasteiger partial charge on any atom is -0.314 e. The summed E-state index contributed by atoms with van der Waals surface area (Å²) in [4.78, 5) is 0. The molecule has 0 radical (unpaired) electrons. The number of hydrogen-bond donors (Lipinski definition) is 0. The molecule has 0 amide bonds. The molecule has 0 fully saturated rings. The maximum absolute atomic E-state index is 14.7. The summed E-state index contributed by atoms with van der Waals surface area (Å²) in [6, 6.07) is 38.5. The quantitative estimate of drug-likeness (QED) is 0.358. The van der Waals surface area contributed by atoms with Crippen molar-refractivity contribution in [1.29, 1.82) is 0 Å². The van der Waals surface area contributed by atoms with Crippen molar-refractivity contribution >= 4 is 35.5 Å². The highest BCUT2D eigenvalue weighted by molar-refractivity contribution is 7.82. The lowest BCUT2D eigenvalue weighted by Gasteiger charge is -2.30. The number of rotatable bonds is 7. The summed E-state index contributed by atoms with van der Waals surface area (Å²) >= 11 is 0. The molecule has 0 aliphatic rings. The second-order valence-corrected chi connectivity index (χ2v) is 13.9. The second kappa shape index (κ2) is 9.23. The maximum atomic E-state index is 14.7. The SMILES string of the molecule is CC(CP(=O)(c1ccccc1)c1ccccc1)P(=O)(c1ccccc1)c1ccccc1. The predicted molar refractivity (Wildman–Crippen MR) is 134 cm³/mol. The summed E-state index contributed by atoms with van der Waals surface area (Å²) in [6.45, 7) is 1.99. The first-order valence-electron chi connectivity index (χ1n) is 10.5. The molecule has 0 heterocycles. The topological polar surface area (TPSA) is 34.1 Å². The molecule has 0 aliphatic heterocycles. The van der Waals surface area contributed by atoms with E-state index in [4.69, 9.17) is 0 Å². The van der Waals surface area contributed by atoms with Gasteiger partial charge in [-0.2, -0.15) is 0 Å². The van der Waals surface area contributed by atoms with Crippen molar-refractivity contribution in [2.75, 3.05) is 6.16 Å². The van der Waals surface area contributed by atoms with Gasteiger partial charge >= 0.3 is 0 Å². The Morgan fingerprint density at radius 2 is 0.806 bits per heavy atom. The summed E-state index contributed by atoms with van der Waals surface area (Å²) in [6.07, 6.45) is 0.335. The van der Waals surface area contributed by atoms with Gasteiger partial charge in [0.25, 0.3) is 0 Å². The number of benzene rings is 4. The van der Waals surface area contributed by atoms with Gasteiger partial charge in [-0.25, -0.2) is 0 Å². The largest absolute Gasteiger partial charge is 0.314 e. The fraction of sp³-hybridized carbons (Fsp3) is 0.111. The molecule has 0 saturated carbocycles. The molecule has 1 unspecified atom stereocenters. The summed E-state index contributed by atoms with van der Waals surface area (Å²) in [5, 5.41) is 3.23. The Morgan fingerprint density at radius 3 is 1.13 bits per heavy atom. The van der Waals surface area contributed by atoms with Crippen molar-refractivity contribution < 1.29 is 9.13 Å². The first-order chi connectivity index (χ1) is 15.0. The van der Waals surface area contributed by atoms with Crippen LogP contribution >= 0.6 is 14.3 Å². The van der Waals surface area contributed by atoms with Crippen LogP contribution in [0.3, 0.4) is 0 Å². The highest BCUT2D eigenvalue weighted by Crippen LogP contribution is 2.55. The minimum absolute atomic E-state index is 0.302. The van der Waals surface area contributed by atoms with Crippen LogP contribution in [0.15, 0.2) is 121 Å². The zero-order valence-electron chi connectivity index (χ0n) is 17.5. The molecule has 0 spiro atoms. The zero-order valence-corrected chi connectivity index (χ0v) is 19.3. The fourth-order valence-corrected chi connectivity index (χ4v) is 11.1. The monoisotopic (exact) mass is 444 g/mol. The molecule has 31 heavy (non-hydrogen) atoms. The molecule has 156 valence electrons. The van der Waals surface area contributed by atoms with Gasteiger partial charge in [-0.1, -0.05) is 128 Å². The van der Waals surface area contributed by atoms with E-state index in [1.807, 2.05) is 128 Å².